The second-order valence-electron chi connectivity index (χ2n) is 6.07. The molecule has 2 amide bonds. The summed E-state index contributed by atoms with van der Waals surface area (Å²) in [5.74, 6) is -0.588. The molecule has 2 aliphatic heterocycles. The SMILES string of the molecule is O=C1c2sccc2CS(=O)(=O)c2cccc(NC(=O)N3CCOCC3)c21. The smallest absolute Gasteiger partial charge is 0.322 e. The number of hydrogen-bond acceptors (Lipinski definition) is 6. The van der Waals surface area contributed by atoms with Crippen molar-refractivity contribution in [2.24, 2.45) is 0 Å². The summed E-state index contributed by atoms with van der Waals surface area (Å²) in [6.45, 7) is 1.79. The van der Waals surface area contributed by atoms with Crippen LogP contribution in [0.25, 0.3) is 0 Å². The summed E-state index contributed by atoms with van der Waals surface area (Å²) in [6, 6.07) is 5.81. The third-order valence-corrected chi connectivity index (χ3v) is 7.08. The highest BCUT2D eigenvalue weighted by molar-refractivity contribution is 7.90. The molecule has 136 valence electrons. The number of sulfone groups is 1. The first-order valence-corrected chi connectivity index (χ1v) is 10.6. The Kier molecular flexibility index (Phi) is 4.29. The van der Waals surface area contributed by atoms with Crippen molar-refractivity contribution >= 4 is 38.7 Å². The van der Waals surface area contributed by atoms with E-state index in [1.807, 2.05) is 0 Å². The molecule has 0 aliphatic carbocycles. The van der Waals surface area contributed by atoms with E-state index in [0.717, 1.165) is 0 Å². The van der Waals surface area contributed by atoms with Crippen LogP contribution in [0.3, 0.4) is 0 Å². The first-order chi connectivity index (χ1) is 12.5. The highest BCUT2D eigenvalue weighted by Gasteiger charge is 2.33. The number of ketones is 1. The number of amides is 2. The average Bonchev–Trinajstić information content (AvgIpc) is 3.06. The maximum absolute atomic E-state index is 13.0. The van der Waals surface area contributed by atoms with Crippen molar-refractivity contribution in [3.05, 3.63) is 45.6 Å². The van der Waals surface area contributed by atoms with Crippen molar-refractivity contribution in [1.29, 1.82) is 0 Å². The van der Waals surface area contributed by atoms with Gasteiger partial charge in [-0.3, -0.25) is 4.79 Å². The third-order valence-electron chi connectivity index (χ3n) is 4.43. The van der Waals surface area contributed by atoms with Gasteiger partial charge in [0.1, 0.15) is 0 Å². The van der Waals surface area contributed by atoms with E-state index in [9.17, 15) is 18.0 Å². The van der Waals surface area contributed by atoms with Crippen LogP contribution in [0, 0.1) is 0 Å². The van der Waals surface area contributed by atoms with Gasteiger partial charge in [-0.2, -0.15) is 0 Å². The summed E-state index contributed by atoms with van der Waals surface area (Å²) in [4.78, 5) is 27.5. The van der Waals surface area contributed by atoms with Crippen LogP contribution >= 0.6 is 11.3 Å². The number of morpholine rings is 1. The van der Waals surface area contributed by atoms with Gasteiger partial charge in [0.15, 0.2) is 9.84 Å². The van der Waals surface area contributed by atoms with Crippen molar-refractivity contribution in [2.75, 3.05) is 31.6 Å². The molecule has 1 aromatic carbocycles. The van der Waals surface area contributed by atoms with Gasteiger partial charge in [0.25, 0.3) is 0 Å². The molecule has 1 aromatic heterocycles. The van der Waals surface area contributed by atoms with Gasteiger partial charge in [-0.25, -0.2) is 13.2 Å². The predicted octanol–water partition coefficient (Wildman–Crippen LogP) is 2.13. The normalized spacial score (nSPS) is 18.6. The van der Waals surface area contributed by atoms with Crippen LogP contribution in [0.5, 0.6) is 0 Å². The minimum absolute atomic E-state index is 0.0364. The van der Waals surface area contributed by atoms with Gasteiger partial charge in [-0.15, -0.1) is 11.3 Å². The number of ether oxygens (including phenoxy) is 1. The summed E-state index contributed by atoms with van der Waals surface area (Å²) < 4.78 is 30.7. The summed E-state index contributed by atoms with van der Waals surface area (Å²) in [5, 5.41) is 4.42. The molecule has 2 aromatic rings. The molecule has 0 bridgehead atoms. The number of hydrogen-bond donors (Lipinski definition) is 1. The van der Waals surface area contributed by atoms with Crippen molar-refractivity contribution < 1.29 is 22.7 Å². The van der Waals surface area contributed by atoms with Crippen molar-refractivity contribution in [3.63, 3.8) is 0 Å². The lowest BCUT2D eigenvalue weighted by molar-refractivity contribution is 0.0564. The molecule has 0 radical (unpaired) electrons. The number of carbonyl (C=O) groups is 2. The Morgan fingerprint density at radius 3 is 2.73 bits per heavy atom. The zero-order valence-corrected chi connectivity index (χ0v) is 15.4. The molecule has 1 N–H and O–H groups in total. The lowest BCUT2D eigenvalue weighted by Gasteiger charge is -2.27. The Bertz CT molecular complexity index is 990. The Hall–Kier alpha value is -2.23. The second kappa shape index (κ2) is 6.49. The molecule has 2 aliphatic rings. The molecular formula is C17H16N2O5S2. The zero-order valence-electron chi connectivity index (χ0n) is 13.7. The lowest BCUT2D eigenvalue weighted by atomic mass is 10.1. The zero-order chi connectivity index (χ0) is 18.3. The quantitative estimate of drug-likeness (QED) is 0.803. The molecule has 3 heterocycles. The molecule has 1 saturated heterocycles. The van der Waals surface area contributed by atoms with E-state index in [-0.39, 0.29) is 33.7 Å². The lowest BCUT2D eigenvalue weighted by Crippen LogP contribution is -2.43. The maximum Gasteiger partial charge on any atom is 0.322 e. The van der Waals surface area contributed by atoms with Crippen LogP contribution in [-0.4, -0.2) is 51.4 Å². The van der Waals surface area contributed by atoms with Gasteiger partial charge in [0, 0.05) is 13.1 Å². The van der Waals surface area contributed by atoms with Crippen LogP contribution in [0.2, 0.25) is 0 Å². The van der Waals surface area contributed by atoms with Crippen molar-refractivity contribution in [2.45, 2.75) is 10.6 Å². The molecule has 7 nitrogen and oxygen atoms in total. The third kappa shape index (κ3) is 2.91. The number of anilines is 1. The number of fused-ring (bicyclic) bond motifs is 2. The summed E-state index contributed by atoms with van der Waals surface area (Å²) in [5.41, 5.74) is 0.755. The molecule has 1 fully saturated rings. The van der Waals surface area contributed by atoms with E-state index >= 15 is 0 Å². The van der Waals surface area contributed by atoms with Crippen molar-refractivity contribution in [3.8, 4) is 0 Å². The molecule has 0 atom stereocenters. The minimum Gasteiger partial charge on any atom is -0.378 e. The van der Waals surface area contributed by atoms with Crippen LogP contribution < -0.4 is 5.32 Å². The number of benzene rings is 1. The van der Waals surface area contributed by atoms with Crippen LogP contribution in [-0.2, 0) is 20.3 Å². The van der Waals surface area contributed by atoms with Crippen LogP contribution in [0.4, 0.5) is 10.5 Å². The molecular weight excluding hydrogens is 376 g/mol. The molecule has 0 unspecified atom stereocenters. The fourth-order valence-corrected chi connectivity index (χ4v) is 5.70. The molecule has 0 spiro atoms. The predicted molar refractivity (Wildman–Crippen MR) is 96.5 cm³/mol. The fraction of sp³-hybridized carbons (Fsp3) is 0.294. The Morgan fingerprint density at radius 1 is 1.19 bits per heavy atom. The van der Waals surface area contributed by atoms with Crippen molar-refractivity contribution in [1.82, 2.24) is 4.90 Å². The summed E-state index contributed by atoms with van der Waals surface area (Å²) in [7, 11) is -3.68. The van der Waals surface area contributed by atoms with Gasteiger partial charge in [0.2, 0.25) is 5.78 Å². The Balaban J connectivity index is 1.78. The largest absolute Gasteiger partial charge is 0.378 e. The number of nitrogens with one attached hydrogen (secondary N) is 1. The van der Waals surface area contributed by atoms with Crippen LogP contribution in [0.15, 0.2) is 34.5 Å². The van der Waals surface area contributed by atoms with Gasteiger partial charge < -0.3 is 15.0 Å². The number of rotatable bonds is 1. The molecule has 0 saturated carbocycles. The fourth-order valence-electron chi connectivity index (χ4n) is 3.13. The highest BCUT2D eigenvalue weighted by atomic mass is 32.2. The molecule has 9 heteroatoms. The number of nitrogens with zero attached hydrogens (tertiary/aromatic N) is 1. The second-order valence-corrected chi connectivity index (χ2v) is 8.95. The van der Waals surface area contributed by atoms with E-state index in [2.05, 4.69) is 5.32 Å². The average molecular weight is 392 g/mol. The topological polar surface area (TPSA) is 92.8 Å². The summed E-state index contributed by atoms with van der Waals surface area (Å²) >= 11 is 1.21. The maximum atomic E-state index is 13.0. The standard InChI is InChI=1S/C17H16N2O5S2/c20-15-14-12(18-17(21)19-5-7-24-8-6-19)2-1-3-13(14)26(22,23)10-11-4-9-25-16(11)15/h1-4,9H,5-8,10H2,(H,18,21). The molecule has 26 heavy (non-hydrogen) atoms. The van der Waals surface area contributed by atoms with Gasteiger partial charge >= 0.3 is 6.03 Å². The number of urea groups is 1. The van der Waals surface area contributed by atoms with E-state index in [0.29, 0.717) is 36.7 Å². The summed E-state index contributed by atoms with van der Waals surface area (Å²) in [6.07, 6.45) is 0. The van der Waals surface area contributed by atoms with Gasteiger partial charge in [0.05, 0.1) is 40.0 Å². The monoisotopic (exact) mass is 392 g/mol. The molecule has 4 rings (SSSR count). The van der Waals surface area contributed by atoms with E-state index < -0.39 is 9.84 Å². The van der Waals surface area contributed by atoms with Crippen LogP contribution in [0.1, 0.15) is 20.8 Å². The number of thiophene rings is 1. The highest BCUT2D eigenvalue weighted by Crippen LogP contribution is 2.36. The van der Waals surface area contributed by atoms with E-state index in [4.69, 9.17) is 4.74 Å². The first kappa shape index (κ1) is 17.2. The van der Waals surface area contributed by atoms with E-state index in [1.165, 1.54) is 23.5 Å². The van der Waals surface area contributed by atoms with Gasteiger partial charge in [-0.05, 0) is 29.1 Å². The Morgan fingerprint density at radius 2 is 1.96 bits per heavy atom. The number of carbonyl (C=O) groups excluding carboxylic acids is 2. The minimum atomic E-state index is -3.68. The first-order valence-electron chi connectivity index (χ1n) is 8.08. The van der Waals surface area contributed by atoms with E-state index in [1.54, 1.807) is 22.4 Å². The Labute approximate surface area is 154 Å². The van der Waals surface area contributed by atoms with Gasteiger partial charge in [-0.1, -0.05) is 6.07 Å².